The van der Waals surface area contributed by atoms with Gasteiger partial charge in [-0.15, -0.1) is 0 Å². The smallest absolute Gasteiger partial charge is 0.0953 e. The van der Waals surface area contributed by atoms with E-state index in [1.807, 2.05) is 11.0 Å². The highest BCUT2D eigenvalue weighted by Crippen LogP contribution is 2.22. The normalized spacial score (nSPS) is 11.2. The number of aryl methyl sites for hydroxylation is 2. The van der Waals surface area contributed by atoms with Crippen LogP contribution in [0.1, 0.15) is 44.3 Å². The molecule has 21 heavy (non-hydrogen) atoms. The standard InChI is InChI=1S/C15H24ClN5/c1-4-7-17-8-12-9-20(11-18-12)10-14-15(16)13(5-2)19-21(14)6-3/h9,11,17H,4-8,10H2,1-3H3. The van der Waals surface area contributed by atoms with Gasteiger partial charge in [0, 0.05) is 19.3 Å². The molecule has 5 nitrogen and oxygen atoms in total. The summed E-state index contributed by atoms with van der Waals surface area (Å²) in [5.41, 5.74) is 3.08. The van der Waals surface area contributed by atoms with Crippen molar-refractivity contribution in [3.63, 3.8) is 0 Å². The van der Waals surface area contributed by atoms with Gasteiger partial charge < -0.3 is 9.88 Å². The number of halogens is 1. The Hall–Kier alpha value is -1.33. The van der Waals surface area contributed by atoms with Crippen molar-refractivity contribution in [3.8, 4) is 0 Å². The summed E-state index contributed by atoms with van der Waals surface area (Å²) in [5, 5.41) is 8.70. The number of nitrogens with zero attached hydrogens (tertiary/aromatic N) is 4. The minimum Gasteiger partial charge on any atom is -0.331 e. The first-order valence-electron chi connectivity index (χ1n) is 7.64. The Morgan fingerprint density at radius 1 is 1.29 bits per heavy atom. The Labute approximate surface area is 131 Å². The number of rotatable bonds is 8. The fraction of sp³-hybridized carbons (Fsp3) is 0.600. The third-order valence-electron chi connectivity index (χ3n) is 3.45. The van der Waals surface area contributed by atoms with E-state index in [2.05, 4.69) is 46.9 Å². The van der Waals surface area contributed by atoms with Gasteiger partial charge in [-0.3, -0.25) is 4.68 Å². The van der Waals surface area contributed by atoms with Gasteiger partial charge in [-0.05, 0) is 26.3 Å². The molecule has 0 spiro atoms. The minimum absolute atomic E-state index is 0.709. The van der Waals surface area contributed by atoms with Gasteiger partial charge in [-0.1, -0.05) is 25.4 Å². The lowest BCUT2D eigenvalue weighted by atomic mass is 10.3. The fourth-order valence-electron chi connectivity index (χ4n) is 2.32. The van der Waals surface area contributed by atoms with Crippen LogP contribution < -0.4 is 5.32 Å². The van der Waals surface area contributed by atoms with Crippen molar-refractivity contribution in [2.24, 2.45) is 0 Å². The van der Waals surface area contributed by atoms with E-state index in [1.165, 1.54) is 0 Å². The lowest BCUT2D eigenvalue weighted by Crippen LogP contribution is -2.14. The maximum atomic E-state index is 6.44. The Balaban J connectivity index is 2.09. The van der Waals surface area contributed by atoms with E-state index >= 15 is 0 Å². The molecule has 0 atom stereocenters. The second-order valence-corrected chi connectivity index (χ2v) is 5.47. The third kappa shape index (κ3) is 3.86. The van der Waals surface area contributed by atoms with Gasteiger partial charge >= 0.3 is 0 Å². The molecule has 0 fully saturated rings. The lowest BCUT2D eigenvalue weighted by Gasteiger charge is -2.06. The Kier molecular flexibility index (Phi) is 5.82. The van der Waals surface area contributed by atoms with Gasteiger partial charge in [-0.25, -0.2) is 4.98 Å². The highest BCUT2D eigenvalue weighted by atomic mass is 35.5. The molecule has 0 saturated heterocycles. The summed E-state index contributed by atoms with van der Waals surface area (Å²) in [7, 11) is 0. The van der Waals surface area contributed by atoms with Gasteiger partial charge in [0.2, 0.25) is 0 Å². The van der Waals surface area contributed by atoms with E-state index < -0.39 is 0 Å². The van der Waals surface area contributed by atoms with E-state index in [9.17, 15) is 0 Å². The molecule has 116 valence electrons. The zero-order valence-corrected chi connectivity index (χ0v) is 13.8. The van der Waals surface area contributed by atoms with E-state index in [0.29, 0.717) is 6.54 Å². The van der Waals surface area contributed by atoms with Crippen LogP contribution in [0.25, 0.3) is 0 Å². The van der Waals surface area contributed by atoms with Crippen LogP contribution in [-0.4, -0.2) is 25.9 Å². The van der Waals surface area contributed by atoms with E-state index in [-0.39, 0.29) is 0 Å². The molecule has 1 N–H and O–H groups in total. The van der Waals surface area contributed by atoms with Gasteiger partial charge in [0.1, 0.15) is 0 Å². The molecular formula is C15H24ClN5. The Morgan fingerprint density at radius 2 is 2.10 bits per heavy atom. The van der Waals surface area contributed by atoms with Gasteiger partial charge in [0.05, 0.1) is 35.0 Å². The number of imidazole rings is 1. The second-order valence-electron chi connectivity index (χ2n) is 5.09. The summed E-state index contributed by atoms with van der Waals surface area (Å²) < 4.78 is 4.05. The molecule has 0 amide bonds. The zero-order chi connectivity index (χ0) is 15.2. The average molecular weight is 310 g/mol. The lowest BCUT2D eigenvalue weighted by molar-refractivity contribution is 0.594. The molecule has 0 aromatic carbocycles. The van der Waals surface area contributed by atoms with Crippen LogP contribution in [-0.2, 0) is 26.1 Å². The van der Waals surface area contributed by atoms with Crippen molar-refractivity contribution < 1.29 is 0 Å². The minimum atomic E-state index is 0.709. The van der Waals surface area contributed by atoms with E-state index in [1.54, 1.807) is 0 Å². The van der Waals surface area contributed by atoms with Crippen molar-refractivity contribution in [3.05, 3.63) is 34.6 Å². The molecule has 0 saturated carbocycles. The third-order valence-corrected chi connectivity index (χ3v) is 3.88. The first-order valence-corrected chi connectivity index (χ1v) is 8.02. The Morgan fingerprint density at radius 3 is 2.76 bits per heavy atom. The van der Waals surface area contributed by atoms with Crippen molar-refractivity contribution in [1.82, 2.24) is 24.6 Å². The number of aromatic nitrogens is 4. The zero-order valence-electron chi connectivity index (χ0n) is 13.1. The topological polar surface area (TPSA) is 47.7 Å². The quantitative estimate of drug-likeness (QED) is 0.763. The molecule has 0 radical (unpaired) electrons. The molecule has 0 unspecified atom stereocenters. The average Bonchev–Trinajstić information content (AvgIpc) is 3.05. The molecule has 0 bridgehead atoms. The highest BCUT2D eigenvalue weighted by Gasteiger charge is 2.14. The first kappa shape index (κ1) is 16.0. The molecule has 2 aromatic heterocycles. The number of nitrogens with one attached hydrogen (secondary N) is 1. The van der Waals surface area contributed by atoms with Crippen LogP contribution in [0.15, 0.2) is 12.5 Å². The monoisotopic (exact) mass is 309 g/mol. The van der Waals surface area contributed by atoms with Crippen LogP contribution in [0.3, 0.4) is 0 Å². The van der Waals surface area contributed by atoms with Crippen LogP contribution >= 0.6 is 11.6 Å². The van der Waals surface area contributed by atoms with Crippen LogP contribution in [0.5, 0.6) is 0 Å². The SMILES string of the molecule is CCCNCc1cn(Cc2c(Cl)c(CC)nn2CC)cn1. The maximum absolute atomic E-state index is 6.44. The highest BCUT2D eigenvalue weighted by molar-refractivity contribution is 6.31. The van der Waals surface area contributed by atoms with Gasteiger partial charge in [-0.2, -0.15) is 5.10 Å². The fourth-order valence-corrected chi connectivity index (χ4v) is 2.65. The maximum Gasteiger partial charge on any atom is 0.0953 e. The molecule has 0 aliphatic rings. The molecular weight excluding hydrogens is 286 g/mol. The molecule has 0 aliphatic heterocycles. The van der Waals surface area contributed by atoms with Crippen molar-refractivity contribution in [2.45, 2.75) is 53.2 Å². The molecule has 2 rings (SSSR count). The number of hydrogen-bond donors (Lipinski definition) is 1. The molecule has 2 heterocycles. The molecule has 6 heteroatoms. The second kappa shape index (κ2) is 7.61. The van der Waals surface area contributed by atoms with Gasteiger partial charge in [0.25, 0.3) is 0 Å². The van der Waals surface area contributed by atoms with Crippen molar-refractivity contribution in [2.75, 3.05) is 6.54 Å². The van der Waals surface area contributed by atoms with Crippen molar-refractivity contribution in [1.29, 1.82) is 0 Å². The van der Waals surface area contributed by atoms with Crippen LogP contribution in [0.2, 0.25) is 5.02 Å². The predicted octanol–water partition coefficient (Wildman–Crippen LogP) is 2.86. The first-order chi connectivity index (χ1) is 10.2. The predicted molar refractivity (Wildman–Crippen MR) is 85.6 cm³/mol. The molecule has 2 aromatic rings. The van der Waals surface area contributed by atoms with Gasteiger partial charge in [0.15, 0.2) is 0 Å². The summed E-state index contributed by atoms with van der Waals surface area (Å²) in [4.78, 5) is 4.42. The summed E-state index contributed by atoms with van der Waals surface area (Å²) in [6, 6.07) is 0. The largest absolute Gasteiger partial charge is 0.331 e. The molecule has 0 aliphatic carbocycles. The summed E-state index contributed by atoms with van der Waals surface area (Å²) in [6.45, 7) is 9.68. The number of hydrogen-bond acceptors (Lipinski definition) is 3. The van der Waals surface area contributed by atoms with E-state index in [0.717, 1.165) is 54.6 Å². The van der Waals surface area contributed by atoms with Crippen LogP contribution in [0.4, 0.5) is 0 Å². The summed E-state index contributed by atoms with van der Waals surface area (Å²) in [6.07, 6.45) is 5.91. The van der Waals surface area contributed by atoms with E-state index in [4.69, 9.17) is 11.6 Å². The summed E-state index contributed by atoms with van der Waals surface area (Å²) >= 11 is 6.44. The van der Waals surface area contributed by atoms with Crippen LogP contribution in [0, 0.1) is 0 Å². The summed E-state index contributed by atoms with van der Waals surface area (Å²) in [5.74, 6) is 0. The Bertz CT molecular complexity index is 573. The van der Waals surface area contributed by atoms with Crippen molar-refractivity contribution >= 4 is 11.6 Å².